The Balaban J connectivity index is 1.39. The topological polar surface area (TPSA) is 79.0 Å². The highest BCUT2D eigenvalue weighted by Crippen LogP contribution is 2.36. The van der Waals surface area contributed by atoms with E-state index in [1.165, 1.54) is 16.2 Å². The molecule has 174 valence electrons. The van der Waals surface area contributed by atoms with Crippen LogP contribution in [0.1, 0.15) is 39.7 Å². The van der Waals surface area contributed by atoms with Gasteiger partial charge < -0.3 is 15.0 Å². The molecule has 5 rings (SSSR count). The summed E-state index contributed by atoms with van der Waals surface area (Å²) >= 11 is 1.37. The molecule has 2 saturated heterocycles. The summed E-state index contributed by atoms with van der Waals surface area (Å²) in [7, 11) is 0. The highest BCUT2D eigenvalue weighted by atomic mass is 32.1. The van der Waals surface area contributed by atoms with Gasteiger partial charge in [0.25, 0.3) is 5.91 Å². The Morgan fingerprint density at radius 3 is 2.38 bits per heavy atom. The van der Waals surface area contributed by atoms with E-state index >= 15 is 0 Å². The number of cyclic esters (lactones) is 1. The monoisotopic (exact) mass is 475 g/mol. The number of likely N-dealkylation sites (tertiary alicyclic amines) is 1. The first kappa shape index (κ1) is 22.2. The fraction of sp³-hybridized carbons (Fsp3) is 0.269. The standard InChI is InChI=1S/C26H25N3O4S/c30-24(21-9-6-16-34-21)27-20-12-10-19(11-13-20)23-22(25(31)28-14-4-5-15-28)29(26(32)33-23)17-18-7-2-1-3-8-18/h1-3,6-13,16,22-23H,4-5,14-15,17H2,(H,27,30). The zero-order valence-electron chi connectivity index (χ0n) is 18.6. The van der Waals surface area contributed by atoms with E-state index in [-0.39, 0.29) is 11.8 Å². The molecule has 0 aliphatic carbocycles. The summed E-state index contributed by atoms with van der Waals surface area (Å²) in [5.74, 6) is -0.259. The molecule has 2 aliphatic heterocycles. The van der Waals surface area contributed by atoms with Crippen molar-refractivity contribution in [3.63, 3.8) is 0 Å². The van der Waals surface area contributed by atoms with Crippen LogP contribution in [0.3, 0.4) is 0 Å². The molecule has 3 heterocycles. The Hall–Kier alpha value is -3.65. The van der Waals surface area contributed by atoms with Crippen LogP contribution in [0.4, 0.5) is 10.5 Å². The number of hydrogen-bond donors (Lipinski definition) is 1. The molecule has 3 amide bonds. The summed E-state index contributed by atoms with van der Waals surface area (Å²) in [5, 5.41) is 4.72. The van der Waals surface area contributed by atoms with Crippen LogP contribution in [0, 0.1) is 0 Å². The summed E-state index contributed by atoms with van der Waals surface area (Å²) in [5.41, 5.74) is 2.29. The normalized spacial score (nSPS) is 19.8. The summed E-state index contributed by atoms with van der Waals surface area (Å²) in [6.07, 6.45) is 0.720. The Labute approximate surface area is 201 Å². The van der Waals surface area contributed by atoms with Gasteiger partial charge in [-0.05, 0) is 47.5 Å². The van der Waals surface area contributed by atoms with Crippen molar-refractivity contribution in [2.24, 2.45) is 0 Å². The molecule has 2 aliphatic rings. The largest absolute Gasteiger partial charge is 0.438 e. The number of hydrogen-bond acceptors (Lipinski definition) is 5. The smallest absolute Gasteiger partial charge is 0.411 e. The number of anilines is 1. The van der Waals surface area contributed by atoms with Gasteiger partial charge in [-0.15, -0.1) is 11.3 Å². The number of benzene rings is 2. The van der Waals surface area contributed by atoms with E-state index in [2.05, 4.69) is 5.32 Å². The minimum absolute atomic E-state index is 0.0839. The zero-order valence-corrected chi connectivity index (χ0v) is 19.4. The van der Waals surface area contributed by atoms with Gasteiger partial charge >= 0.3 is 6.09 Å². The van der Waals surface area contributed by atoms with Gasteiger partial charge in [-0.2, -0.15) is 0 Å². The lowest BCUT2D eigenvalue weighted by atomic mass is 10.00. The molecule has 3 aromatic rings. The molecule has 7 nitrogen and oxygen atoms in total. The number of rotatable bonds is 6. The van der Waals surface area contributed by atoms with Crippen LogP contribution in [0.5, 0.6) is 0 Å². The van der Waals surface area contributed by atoms with Crippen molar-refractivity contribution in [2.45, 2.75) is 31.5 Å². The van der Waals surface area contributed by atoms with Crippen LogP contribution in [0.2, 0.25) is 0 Å². The van der Waals surface area contributed by atoms with Crippen molar-refractivity contribution in [1.29, 1.82) is 0 Å². The molecule has 34 heavy (non-hydrogen) atoms. The molecule has 0 spiro atoms. The molecule has 0 radical (unpaired) electrons. The van der Waals surface area contributed by atoms with E-state index < -0.39 is 18.2 Å². The third-order valence-electron chi connectivity index (χ3n) is 6.19. The third kappa shape index (κ3) is 4.54. The molecular weight excluding hydrogens is 450 g/mol. The molecule has 2 aromatic carbocycles. The third-order valence-corrected chi connectivity index (χ3v) is 7.06. The van der Waals surface area contributed by atoms with Gasteiger partial charge in [0, 0.05) is 18.8 Å². The van der Waals surface area contributed by atoms with E-state index in [0.29, 0.717) is 30.2 Å². The van der Waals surface area contributed by atoms with Crippen molar-refractivity contribution in [3.8, 4) is 0 Å². The first-order valence-corrected chi connectivity index (χ1v) is 12.2. The summed E-state index contributed by atoms with van der Waals surface area (Å²) in [6.45, 7) is 1.70. The fourth-order valence-electron chi connectivity index (χ4n) is 4.46. The van der Waals surface area contributed by atoms with E-state index in [9.17, 15) is 14.4 Å². The minimum Gasteiger partial charge on any atom is -0.438 e. The number of carbonyl (C=O) groups is 3. The number of nitrogens with one attached hydrogen (secondary N) is 1. The molecule has 1 aromatic heterocycles. The molecule has 0 saturated carbocycles. The highest BCUT2D eigenvalue weighted by Gasteiger charge is 2.48. The average molecular weight is 476 g/mol. The van der Waals surface area contributed by atoms with Crippen LogP contribution in [-0.2, 0) is 16.1 Å². The predicted molar refractivity (Wildman–Crippen MR) is 130 cm³/mol. The van der Waals surface area contributed by atoms with Crippen molar-refractivity contribution >= 4 is 34.9 Å². The Bertz CT molecular complexity index is 1160. The number of nitrogens with zero attached hydrogens (tertiary/aromatic N) is 2. The molecule has 1 N–H and O–H groups in total. The van der Waals surface area contributed by atoms with Crippen LogP contribution in [0.15, 0.2) is 72.1 Å². The quantitative estimate of drug-likeness (QED) is 0.561. The lowest BCUT2D eigenvalue weighted by molar-refractivity contribution is -0.135. The van der Waals surface area contributed by atoms with E-state index in [1.807, 2.05) is 46.7 Å². The number of ether oxygens (including phenoxy) is 1. The maximum absolute atomic E-state index is 13.5. The Morgan fingerprint density at radius 1 is 0.971 bits per heavy atom. The van der Waals surface area contributed by atoms with Crippen molar-refractivity contribution in [1.82, 2.24) is 9.80 Å². The lowest BCUT2D eigenvalue weighted by Crippen LogP contribution is -2.47. The van der Waals surface area contributed by atoms with Gasteiger partial charge in [-0.3, -0.25) is 14.5 Å². The average Bonchev–Trinajstić information content (AvgIpc) is 3.63. The fourth-order valence-corrected chi connectivity index (χ4v) is 5.07. The second-order valence-corrected chi connectivity index (χ2v) is 9.40. The SMILES string of the molecule is O=C(Nc1ccc(C2OC(=O)N(Cc3ccccc3)C2C(=O)N2CCCC2)cc1)c1cccs1. The summed E-state index contributed by atoms with van der Waals surface area (Å²) < 4.78 is 5.76. The Morgan fingerprint density at radius 2 is 1.71 bits per heavy atom. The number of carbonyl (C=O) groups excluding carboxylic acids is 3. The van der Waals surface area contributed by atoms with Gasteiger partial charge in [0.15, 0.2) is 12.1 Å². The van der Waals surface area contributed by atoms with Crippen LogP contribution >= 0.6 is 11.3 Å². The summed E-state index contributed by atoms with van der Waals surface area (Å²) in [4.78, 5) is 42.8. The lowest BCUT2D eigenvalue weighted by Gasteiger charge is -2.28. The molecular formula is C26H25N3O4S. The van der Waals surface area contributed by atoms with Crippen LogP contribution in [-0.4, -0.2) is 46.8 Å². The first-order chi connectivity index (χ1) is 16.6. The molecule has 0 bridgehead atoms. The predicted octanol–water partition coefficient (Wildman–Crippen LogP) is 4.68. The van der Waals surface area contributed by atoms with Gasteiger partial charge in [0.05, 0.1) is 11.4 Å². The molecule has 2 atom stereocenters. The van der Waals surface area contributed by atoms with Crippen LogP contribution in [0.25, 0.3) is 0 Å². The molecule has 2 unspecified atom stereocenters. The van der Waals surface area contributed by atoms with Gasteiger partial charge in [0.2, 0.25) is 5.91 Å². The van der Waals surface area contributed by atoms with Gasteiger partial charge in [-0.1, -0.05) is 48.5 Å². The zero-order chi connectivity index (χ0) is 23.5. The summed E-state index contributed by atoms with van der Waals surface area (Å²) in [6, 6.07) is 19.6. The van der Waals surface area contributed by atoms with Gasteiger partial charge in [0.1, 0.15) is 0 Å². The van der Waals surface area contributed by atoms with Crippen molar-refractivity contribution in [3.05, 3.63) is 88.1 Å². The van der Waals surface area contributed by atoms with E-state index in [0.717, 1.165) is 24.0 Å². The highest BCUT2D eigenvalue weighted by molar-refractivity contribution is 7.12. The second-order valence-electron chi connectivity index (χ2n) is 8.45. The van der Waals surface area contributed by atoms with Crippen molar-refractivity contribution in [2.75, 3.05) is 18.4 Å². The van der Waals surface area contributed by atoms with Gasteiger partial charge in [-0.25, -0.2) is 4.79 Å². The second kappa shape index (κ2) is 9.69. The molecule has 8 heteroatoms. The minimum atomic E-state index is -0.739. The van der Waals surface area contributed by atoms with E-state index in [4.69, 9.17) is 4.74 Å². The first-order valence-electron chi connectivity index (χ1n) is 11.3. The van der Waals surface area contributed by atoms with E-state index in [1.54, 1.807) is 30.3 Å². The maximum Gasteiger partial charge on any atom is 0.411 e. The van der Waals surface area contributed by atoms with Crippen molar-refractivity contribution < 1.29 is 19.1 Å². The molecule has 2 fully saturated rings. The van der Waals surface area contributed by atoms with Crippen LogP contribution < -0.4 is 5.32 Å². The number of thiophene rings is 1. The maximum atomic E-state index is 13.5. The number of amides is 3. The Kier molecular flexibility index (Phi) is 6.31.